The second-order valence-electron chi connectivity index (χ2n) is 8.25. The molecule has 0 aromatic carbocycles. The van der Waals surface area contributed by atoms with Crippen LogP contribution in [0.15, 0.2) is 11.6 Å². The van der Waals surface area contributed by atoms with E-state index in [1.807, 2.05) is 6.92 Å². The second-order valence-corrected chi connectivity index (χ2v) is 8.25. The number of carbonyl (C=O) groups is 2. The van der Waals surface area contributed by atoms with Crippen molar-refractivity contribution in [2.75, 3.05) is 6.61 Å². The summed E-state index contributed by atoms with van der Waals surface area (Å²) in [5.41, 5.74) is 5.75. The molecule has 170 valence electrons. The fourth-order valence-electron chi connectivity index (χ4n) is 3.52. The number of primary amides is 1. The van der Waals surface area contributed by atoms with Crippen LogP contribution in [0.25, 0.3) is 0 Å². The Kier molecular flexibility index (Phi) is 20.4. The van der Waals surface area contributed by atoms with Gasteiger partial charge in [0.15, 0.2) is 0 Å². The Hall–Kier alpha value is -1.32. The SMILES string of the molecule is CCCCCCCCCCCCCCCCCC/C(=C/C(=O)OCCC)C(N)=O. The normalized spacial score (nSPS) is 11.6. The van der Waals surface area contributed by atoms with Crippen LogP contribution in [0, 0.1) is 0 Å². The third-order valence-electron chi connectivity index (χ3n) is 5.36. The summed E-state index contributed by atoms with van der Waals surface area (Å²) in [7, 11) is 0. The monoisotopic (exact) mass is 409 g/mol. The van der Waals surface area contributed by atoms with Crippen molar-refractivity contribution < 1.29 is 14.3 Å². The van der Waals surface area contributed by atoms with Gasteiger partial charge in [0.1, 0.15) is 0 Å². The molecule has 0 atom stereocenters. The predicted molar refractivity (Wildman–Crippen MR) is 123 cm³/mol. The molecule has 0 aromatic rings. The molecule has 4 nitrogen and oxygen atoms in total. The fraction of sp³-hybridized carbons (Fsp3) is 0.840. The van der Waals surface area contributed by atoms with Crippen molar-refractivity contribution in [3.8, 4) is 0 Å². The van der Waals surface area contributed by atoms with Gasteiger partial charge in [0, 0.05) is 11.6 Å². The number of rotatable bonds is 21. The highest BCUT2D eigenvalue weighted by atomic mass is 16.5. The maximum absolute atomic E-state index is 11.6. The summed E-state index contributed by atoms with van der Waals surface area (Å²) in [5.74, 6) is -0.975. The minimum absolute atomic E-state index is 0.375. The molecule has 0 radical (unpaired) electrons. The zero-order chi connectivity index (χ0) is 21.6. The van der Waals surface area contributed by atoms with Gasteiger partial charge in [-0.1, -0.05) is 110 Å². The molecule has 0 heterocycles. The minimum atomic E-state index is -0.514. The zero-order valence-electron chi connectivity index (χ0n) is 19.3. The molecular weight excluding hydrogens is 362 g/mol. The summed E-state index contributed by atoms with van der Waals surface area (Å²) in [6.07, 6.45) is 23.6. The number of ether oxygens (including phenoxy) is 1. The topological polar surface area (TPSA) is 69.4 Å². The standard InChI is InChI=1S/C25H47NO3/c1-3-5-6-7-8-9-10-11-12-13-14-15-16-17-18-19-20-23(25(26)28)22-24(27)29-21-4-2/h22H,3-21H2,1-2H3,(H2,26,28)/b23-22-. The largest absolute Gasteiger partial charge is 0.463 e. The van der Waals surface area contributed by atoms with Crippen LogP contribution in [0.1, 0.15) is 129 Å². The summed E-state index contributed by atoms with van der Waals surface area (Å²) < 4.78 is 4.98. The lowest BCUT2D eigenvalue weighted by Gasteiger charge is -2.05. The van der Waals surface area contributed by atoms with Crippen molar-refractivity contribution in [3.63, 3.8) is 0 Å². The van der Waals surface area contributed by atoms with Crippen LogP contribution in [0.5, 0.6) is 0 Å². The molecule has 0 spiro atoms. The quantitative estimate of drug-likeness (QED) is 0.126. The minimum Gasteiger partial charge on any atom is -0.463 e. The lowest BCUT2D eigenvalue weighted by Crippen LogP contribution is -2.16. The lowest BCUT2D eigenvalue weighted by atomic mass is 10.0. The first-order chi connectivity index (χ1) is 14.1. The number of hydrogen-bond acceptors (Lipinski definition) is 3. The van der Waals surface area contributed by atoms with Gasteiger partial charge in [-0.15, -0.1) is 0 Å². The van der Waals surface area contributed by atoms with Crippen LogP contribution < -0.4 is 5.73 Å². The van der Waals surface area contributed by atoms with Crippen LogP contribution in [-0.4, -0.2) is 18.5 Å². The predicted octanol–water partition coefficient (Wildman–Crippen LogP) is 7.00. The van der Waals surface area contributed by atoms with Crippen molar-refractivity contribution >= 4 is 11.9 Å². The number of amides is 1. The van der Waals surface area contributed by atoms with Gasteiger partial charge in [-0.3, -0.25) is 4.79 Å². The van der Waals surface area contributed by atoms with E-state index in [4.69, 9.17) is 10.5 Å². The van der Waals surface area contributed by atoms with E-state index in [9.17, 15) is 9.59 Å². The van der Waals surface area contributed by atoms with Gasteiger partial charge in [0.05, 0.1) is 6.61 Å². The van der Waals surface area contributed by atoms with Crippen molar-refractivity contribution in [2.45, 2.75) is 129 Å². The van der Waals surface area contributed by atoms with E-state index in [-0.39, 0.29) is 0 Å². The molecule has 0 unspecified atom stereocenters. The average Bonchev–Trinajstić information content (AvgIpc) is 2.70. The summed E-state index contributed by atoms with van der Waals surface area (Å²) in [6.45, 7) is 4.58. The molecule has 0 rings (SSSR count). The number of carbonyl (C=O) groups excluding carboxylic acids is 2. The van der Waals surface area contributed by atoms with Crippen molar-refractivity contribution in [1.82, 2.24) is 0 Å². The van der Waals surface area contributed by atoms with Gasteiger partial charge in [-0.2, -0.15) is 0 Å². The van der Waals surface area contributed by atoms with Crippen LogP contribution >= 0.6 is 0 Å². The smallest absolute Gasteiger partial charge is 0.331 e. The molecule has 0 bridgehead atoms. The van der Waals surface area contributed by atoms with Gasteiger partial charge >= 0.3 is 5.97 Å². The maximum atomic E-state index is 11.6. The summed E-state index contributed by atoms with van der Waals surface area (Å²) in [5, 5.41) is 0. The van der Waals surface area contributed by atoms with Crippen molar-refractivity contribution in [1.29, 1.82) is 0 Å². The molecule has 0 saturated carbocycles. The average molecular weight is 410 g/mol. The molecule has 1 amide bonds. The zero-order valence-corrected chi connectivity index (χ0v) is 19.3. The van der Waals surface area contributed by atoms with Crippen LogP contribution in [-0.2, 0) is 14.3 Å². The Bertz CT molecular complexity index is 432. The highest BCUT2D eigenvalue weighted by Crippen LogP contribution is 2.15. The summed E-state index contributed by atoms with van der Waals surface area (Å²) in [6, 6.07) is 0. The van der Waals surface area contributed by atoms with Crippen LogP contribution in [0.4, 0.5) is 0 Å². The fourth-order valence-corrected chi connectivity index (χ4v) is 3.52. The molecule has 0 aliphatic carbocycles. The molecule has 0 aromatic heterocycles. The molecule has 29 heavy (non-hydrogen) atoms. The molecule has 2 N–H and O–H groups in total. The van der Waals surface area contributed by atoms with Crippen molar-refractivity contribution in [3.05, 3.63) is 11.6 Å². The Balaban J connectivity index is 3.50. The number of nitrogens with two attached hydrogens (primary N) is 1. The molecular formula is C25H47NO3. The molecule has 0 aliphatic heterocycles. The van der Waals surface area contributed by atoms with Crippen LogP contribution in [0.2, 0.25) is 0 Å². The molecule has 0 aliphatic rings. The van der Waals surface area contributed by atoms with Crippen molar-refractivity contribution in [2.24, 2.45) is 5.73 Å². The van der Waals surface area contributed by atoms with Gasteiger partial charge < -0.3 is 10.5 Å². The molecule has 0 saturated heterocycles. The number of hydrogen-bond donors (Lipinski definition) is 1. The Morgan fingerprint density at radius 1 is 0.655 bits per heavy atom. The van der Waals surface area contributed by atoms with E-state index in [1.165, 1.54) is 96.0 Å². The number of esters is 1. The number of unbranched alkanes of at least 4 members (excludes halogenated alkanes) is 15. The molecule has 0 fully saturated rings. The van der Waals surface area contributed by atoms with Crippen LogP contribution in [0.3, 0.4) is 0 Å². The summed E-state index contributed by atoms with van der Waals surface area (Å²) in [4.78, 5) is 23.0. The lowest BCUT2D eigenvalue weighted by molar-refractivity contribution is -0.138. The maximum Gasteiger partial charge on any atom is 0.331 e. The first-order valence-electron chi connectivity index (χ1n) is 12.3. The first-order valence-corrected chi connectivity index (χ1v) is 12.3. The van der Waals surface area contributed by atoms with Gasteiger partial charge in [-0.05, 0) is 19.3 Å². The van der Waals surface area contributed by atoms with Gasteiger partial charge in [0.25, 0.3) is 0 Å². The Labute approximate surface area is 180 Å². The van der Waals surface area contributed by atoms with E-state index in [2.05, 4.69) is 6.92 Å². The molecule has 4 heteroatoms. The Morgan fingerprint density at radius 2 is 1.07 bits per heavy atom. The highest BCUT2D eigenvalue weighted by molar-refractivity contribution is 5.98. The van der Waals surface area contributed by atoms with E-state index >= 15 is 0 Å². The first kappa shape index (κ1) is 27.7. The highest BCUT2D eigenvalue weighted by Gasteiger charge is 2.08. The van der Waals surface area contributed by atoms with E-state index in [0.717, 1.165) is 19.3 Å². The Morgan fingerprint density at radius 3 is 1.45 bits per heavy atom. The summed E-state index contributed by atoms with van der Waals surface area (Å²) >= 11 is 0. The van der Waals surface area contributed by atoms with E-state index < -0.39 is 11.9 Å². The van der Waals surface area contributed by atoms with Gasteiger partial charge in [-0.25, -0.2) is 4.79 Å². The van der Waals surface area contributed by atoms with Gasteiger partial charge in [0.2, 0.25) is 5.91 Å². The second kappa shape index (κ2) is 21.4. The third kappa shape index (κ3) is 19.8. The van der Waals surface area contributed by atoms with E-state index in [0.29, 0.717) is 18.6 Å². The third-order valence-corrected chi connectivity index (χ3v) is 5.36. The van der Waals surface area contributed by atoms with E-state index in [1.54, 1.807) is 0 Å².